The highest BCUT2D eigenvalue weighted by molar-refractivity contribution is 9.10. The largest absolute Gasteiger partial charge is 0.497 e. The van der Waals surface area contributed by atoms with E-state index >= 15 is 0 Å². The number of anilines is 1. The van der Waals surface area contributed by atoms with Crippen LogP contribution >= 0.6 is 27.5 Å². The zero-order chi connectivity index (χ0) is 20.8. The Hall–Kier alpha value is -2.50. The number of pyridine rings is 1. The van der Waals surface area contributed by atoms with Gasteiger partial charge in [0.1, 0.15) is 21.9 Å². The number of ether oxygens (including phenoxy) is 2. The zero-order valence-corrected chi connectivity index (χ0v) is 18.7. The van der Waals surface area contributed by atoms with E-state index in [9.17, 15) is 0 Å². The molecule has 0 aliphatic rings. The van der Waals surface area contributed by atoms with Gasteiger partial charge in [0.2, 0.25) is 0 Å². The average molecular weight is 474 g/mol. The average Bonchev–Trinajstić information content (AvgIpc) is 2.76. The van der Waals surface area contributed by atoms with Gasteiger partial charge in [0, 0.05) is 13.1 Å². The first kappa shape index (κ1) is 21.2. The van der Waals surface area contributed by atoms with Crippen molar-refractivity contribution in [1.82, 2.24) is 4.98 Å². The van der Waals surface area contributed by atoms with Crippen LogP contribution in [0.1, 0.15) is 16.7 Å². The predicted molar refractivity (Wildman–Crippen MR) is 123 cm³/mol. The van der Waals surface area contributed by atoms with E-state index in [0.29, 0.717) is 22.7 Å². The molecule has 1 aromatic heterocycles. The van der Waals surface area contributed by atoms with Gasteiger partial charge >= 0.3 is 0 Å². The number of hydrogen-bond donors (Lipinski definition) is 0. The van der Waals surface area contributed by atoms with Crippen molar-refractivity contribution in [3.05, 3.63) is 87.5 Å². The summed E-state index contributed by atoms with van der Waals surface area (Å²) in [4.78, 5) is 6.85. The Morgan fingerprint density at radius 2 is 1.45 bits per heavy atom. The van der Waals surface area contributed by atoms with Crippen molar-refractivity contribution >= 4 is 39.4 Å². The van der Waals surface area contributed by atoms with Crippen LogP contribution < -0.4 is 14.4 Å². The van der Waals surface area contributed by atoms with E-state index in [2.05, 4.69) is 56.7 Å². The third kappa shape index (κ3) is 5.31. The fourth-order valence-corrected chi connectivity index (χ4v) is 3.52. The Morgan fingerprint density at radius 3 is 1.86 bits per heavy atom. The Labute approximate surface area is 184 Å². The quantitative estimate of drug-likeness (QED) is 0.356. The topological polar surface area (TPSA) is 34.6 Å². The van der Waals surface area contributed by atoms with Gasteiger partial charge in [-0.05, 0) is 63.0 Å². The first-order valence-electron chi connectivity index (χ1n) is 9.03. The van der Waals surface area contributed by atoms with Crippen molar-refractivity contribution in [2.24, 2.45) is 0 Å². The van der Waals surface area contributed by atoms with Crippen molar-refractivity contribution in [2.75, 3.05) is 19.1 Å². The highest BCUT2D eigenvalue weighted by atomic mass is 79.9. The van der Waals surface area contributed by atoms with E-state index in [0.717, 1.165) is 34.0 Å². The molecule has 0 N–H and O–H groups in total. The lowest BCUT2D eigenvalue weighted by Crippen LogP contribution is -2.23. The molecule has 29 heavy (non-hydrogen) atoms. The molecule has 150 valence electrons. The van der Waals surface area contributed by atoms with Crippen LogP contribution in [-0.2, 0) is 13.1 Å². The van der Waals surface area contributed by atoms with E-state index in [4.69, 9.17) is 21.1 Å². The summed E-state index contributed by atoms with van der Waals surface area (Å²) in [5.41, 5.74) is 3.12. The summed E-state index contributed by atoms with van der Waals surface area (Å²) in [6.45, 7) is 5.21. The molecule has 3 aromatic rings. The van der Waals surface area contributed by atoms with Crippen molar-refractivity contribution in [2.45, 2.75) is 13.1 Å². The number of benzene rings is 2. The smallest absolute Gasteiger partial charge is 0.131 e. The monoisotopic (exact) mass is 472 g/mol. The van der Waals surface area contributed by atoms with Gasteiger partial charge in [0.05, 0.1) is 19.2 Å². The van der Waals surface area contributed by atoms with Crippen molar-refractivity contribution in [3.63, 3.8) is 0 Å². The zero-order valence-electron chi connectivity index (χ0n) is 16.4. The second-order valence-electron chi connectivity index (χ2n) is 6.43. The minimum Gasteiger partial charge on any atom is -0.497 e. The van der Waals surface area contributed by atoms with Crippen LogP contribution in [0, 0.1) is 0 Å². The van der Waals surface area contributed by atoms with E-state index in [-0.39, 0.29) is 0 Å². The number of hydrogen-bond acceptors (Lipinski definition) is 4. The van der Waals surface area contributed by atoms with Gasteiger partial charge in [-0.25, -0.2) is 4.98 Å². The third-order valence-electron chi connectivity index (χ3n) is 4.54. The number of methoxy groups -OCH3 is 2. The maximum Gasteiger partial charge on any atom is 0.131 e. The van der Waals surface area contributed by atoms with Crippen LogP contribution in [0.2, 0.25) is 5.02 Å². The SMILES string of the molecule is C=Cc1cc(N(Cc2ccc(OC)cc2)Cc2ccc(OC)cc2)nc(Br)c1Cl. The highest BCUT2D eigenvalue weighted by Gasteiger charge is 2.15. The molecule has 0 saturated heterocycles. The van der Waals surface area contributed by atoms with E-state index in [1.54, 1.807) is 20.3 Å². The minimum atomic E-state index is 0.553. The maximum atomic E-state index is 6.33. The number of nitrogens with zero attached hydrogens (tertiary/aromatic N) is 2. The fourth-order valence-electron chi connectivity index (χ4n) is 2.93. The highest BCUT2D eigenvalue weighted by Crippen LogP contribution is 2.31. The van der Waals surface area contributed by atoms with Gasteiger partial charge in [0.25, 0.3) is 0 Å². The van der Waals surface area contributed by atoms with Crippen molar-refractivity contribution in [1.29, 1.82) is 0 Å². The van der Waals surface area contributed by atoms with Crippen LogP contribution in [0.5, 0.6) is 11.5 Å². The lowest BCUT2D eigenvalue weighted by Gasteiger charge is -2.25. The normalized spacial score (nSPS) is 10.5. The number of halogens is 2. The molecule has 0 fully saturated rings. The summed E-state index contributed by atoms with van der Waals surface area (Å²) < 4.78 is 11.1. The lowest BCUT2D eigenvalue weighted by molar-refractivity contribution is 0.414. The van der Waals surface area contributed by atoms with E-state index in [1.807, 2.05) is 30.3 Å². The molecule has 0 aliphatic carbocycles. The van der Waals surface area contributed by atoms with E-state index in [1.165, 1.54) is 0 Å². The van der Waals surface area contributed by atoms with Crippen LogP contribution in [0.3, 0.4) is 0 Å². The molecule has 2 aromatic carbocycles. The molecular weight excluding hydrogens is 452 g/mol. The van der Waals surface area contributed by atoms with Crippen molar-refractivity contribution < 1.29 is 9.47 Å². The molecule has 3 rings (SSSR count). The molecule has 0 aliphatic heterocycles. The van der Waals surface area contributed by atoms with Crippen LogP contribution in [0.25, 0.3) is 6.08 Å². The number of rotatable bonds is 8. The summed E-state index contributed by atoms with van der Waals surface area (Å²) in [7, 11) is 3.33. The van der Waals surface area contributed by atoms with Gasteiger partial charge in [-0.1, -0.05) is 48.5 Å². The van der Waals surface area contributed by atoms with Crippen molar-refractivity contribution in [3.8, 4) is 11.5 Å². The molecule has 1 heterocycles. The van der Waals surface area contributed by atoms with Gasteiger partial charge in [-0.15, -0.1) is 0 Å². The summed E-state index contributed by atoms with van der Waals surface area (Å²) >= 11 is 9.79. The third-order valence-corrected chi connectivity index (χ3v) is 5.74. The second-order valence-corrected chi connectivity index (χ2v) is 7.56. The van der Waals surface area contributed by atoms with Gasteiger partial charge in [-0.3, -0.25) is 0 Å². The molecule has 0 unspecified atom stereocenters. The lowest BCUT2D eigenvalue weighted by atomic mass is 10.1. The molecule has 4 nitrogen and oxygen atoms in total. The van der Waals surface area contributed by atoms with Crippen LogP contribution in [0.15, 0.2) is 65.8 Å². The van der Waals surface area contributed by atoms with Gasteiger partial charge < -0.3 is 14.4 Å². The van der Waals surface area contributed by atoms with Crippen LogP contribution in [-0.4, -0.2) is 19.2 Å². The maximum absolute atomic E-state index is 6.33. The van der Waals surface area contributed by atoms with Gasteiger partial charge in [0.15, 0.2) is 0 Å². The fraction of sp³-hybridized carbons (Fsp3) is 0.174. The van der Waals surface area contributed by atoms with Crippen LogP contribution in [0.4, 0.5) is 5.82 Å². The first-order chi connectivity index (χ1) is 14.0. The summed E-state index contributed by atoms with van der Waals surface area (Å²) in [6, 6.07) is 18.0. The van der Waals surface area contributed by atoms with Gasteiger partial charge in [-0.2, -0.15) is 0 Å². The van der Waals surface area contributed by atoms with E-state index < -0.39 is 0 Å². The Morgan fingerprint density at radius 1 is 0.966 bits per heavy atom. The summed E-state index contributed by atoms with van der Waals surface area (Å²) in [5, 5.41) is 0.553. The first-order valence-corrected chi connectivity index (χ1v) is 10.2. The Bertz CT molecular complexity index is 926. The molecular formula is C23H22BrClN2O2. The predicted octanol–water partition coefficient (Wildman–Crippen LogP) is 6.36. The second kappa shape index (κ2) is 9.81. The summed E-state index contributed by atoms with van der Waals surface area (Å²) in [5.74, 6) is 2.47. The molecule has 0 saturated carbocycles. The molecule has 0 amide bonds. The molecule has 0 atom stereocenters. The Kier molecular flexibility index (Phi) is 7.18. The molecule has 6 heteroatoms. The summed E-state index contributed by atoms with van der Waals surface area (Å²) in [6.07, 6.45) is 1.73. The molecule has 0 bridgehead atoms. The number of aromatic nitrogens is 1. The minimum absolute atomic E-state index is 0.553. The Balaban J connectivity index is 1.95. The molecule has 0 spiro atoms. The standard InChI is InChI=1S/C23H22BrClN2O2/c1-4-18-13-21(26-23(24)22(18)25)27(14-16-5-9-19(28-2)10-6-16)15-17-7-11-20(29-3)12-8-17/h4-13H,1,14-15H2,2-3H3. The molecule has 0 radical (unpaired) electrons.